The molecule has 0 heterocycles. The Hall–Kier alpha value is -1.26. The quantitative estimate of drug-likeness (QED) is 0.870. The highest BCUT2D eigenvalue weighted by atomic mass is 35.5. The molecule has 1 rings (SSSR count). The van der Waals surface area contributed by atoms with E-state index in [4.69, 9.17) is 16.7 Å². The van der Waals surface area contributed by atoms with Crippen molar-refractivity contribution in [3.8, 4) is 0 Å². The van der Waals surface area contributed by atoms with E-state index in [2.05, 4.69) is 5.32 Å². The van der Waals surface area contributed by atoms with Gasteiger partial charge in [0, 0.05) is 23.8 Å². The molecule has 4 nitrogen and oxygen atoms in total. The number of amides is 2. The Kier molecular flexibility index (Phi) is 5.25. The zero-order chi connectivity index (χ0) is 12.8. The normalized spacial score (nSPS) is 10.1. The van der Waals surface area contributed by atoms with Gasteiger partial charge in [0.2, 0.25) is 0 Å². The van der Waals surface area contributed by atoms with E-state index in [9.17, 15) is 4.79 Å². The number of urea groups is 1. The number of aryl methyl sites for hydroxylation is 1. The molecule has 0 radical (unpaired) electrons. The Bertz CT molecular complexity index is 396. The first-order valence-corrected chi connectivity index (χ1v) is 5.89. The van der Waals surface area contributed by atoms with Crippen molar-refractivity contribution in [2.75, 3.05) is 25.0 Å². The molecule has 0 aliphatic carbocycles. The number of rotatable bonds is 4. The minimum atomic E-state index is -0.230. The van der Waals surface area contributed by atoms with Crippen molar-refractivity contribution in [3.05, 3.63) is 28.8 Å². The smallest absolute Gasteiger partial charge is 0.321 e. The summed E-state index contributed by atoms with van der Waals surface area (Å²) in [5, 5.41) is 12.2. The van der Waals surface area contributed by atoms with Crippen molar-refractivity contribution in [1.82, 2.24) is 4.90 Å². The third kappa shape index (κ3) is 3.91. The predicted molar refractivity (Wildman–Crippen MR) is 69.5 cm³/mol. The van der Waals surface area contributed by atoms with Gasteiger partial charge < -0.3 is 15.3 Å². The number of hydrogen-bond acceptors (Lipinski definition) is 2. The van der Waals surface area contributed by atoms with Crippen molar-refractivity contribution in [2.24, 2.45) is 0 Å². The summed E-state index contributed by atoms with van der Waals surface area (Å²) < 4.78 is 0. The average molecular weight is 257 g/mol. The van der Waals surface area contributed by atoms with Crippen LogP contribution in [0.25, 0.3) is 0 Å². The maximum atomic E-state index is 11.9. The summed E-state index contributed by atoms with van der Waals surface area (Å²) in [4.78, 5) is 13.4. The van der Waals surface area contributed by atoms with Crippen LogP contribution in [0, 0.1) is 6.92 Å². The molecule has 0 aliphatic rings. The Labute approximate surface area is 106 Å². The third-order valence-corrected chi connectivity index (χ3v) is 2.72. The van der Waals surface area contributed by atoms with E-state index in [0.717, 1.165) is 5.56 Å². The van der Waals surface area contributed by atoms with Gasteiger partial charge in [-0.05, 0) is 31.5 Å². The highest BCUT2D eigenvalue weighted by Crippen LogP contribution is 2.20. The molecule has 1 aromatic rings. The summed E-state index contributed by atoms with van der Waals surface area (Å²) in [6.45, 7) is 4.58. The van der Waals surface area contributed by atoms with Crippen LogP contribution < -0.4 is 5.32 Å². The topological polar surface area (TPSA) is 52.6 Å². The van der Waals surface area contributed by atoms with E-state index in [1.165, 1.54) is 4.90 Å². The van der Waals surface area contributed by atoms with E-state index in [0.29, 0.717) is 23.8 Å². The minimum absolute atomic E-state index is 0.0458. The van der Waals surface area contributed by atoms with E-state index in [1.807, 2.05) is 19.9 Å². The van der Waals surface area contributed by atoms with E-state index in [1.54, 1.807) is 12.1 Å². The largest absolute Gasteiger partial charge is 0.395 e. The molecule has 2 N–H and O–H groups in total. The van der Waals surface area contributed by atoms with Crippen LogP contribution in [0.4, 0.5) is 10.5 Å². The van der Waals surface area contributed by atoms with Crippen molar-refractivity contribution in [3.63, 3.8) is 0 Å². The summed E-state index contributed by atoms with van der Waals surface area (Å²) >= 11 is 5.87. The number of aliphatic hydroxyl groups excluding tert-OH is 1. The van der Waals surface area contributed by atoms with Crippen LogP contribution >= 0.6 is 11.6 Å². The molecule has 0 aliphatic heterocycles. The molecule has 0 aromatic heterocycles. The third-order valence-electron chi connectivity index (χ3n) is 2.48. The van der Waals surface area contributed by atoms with Gasteiger partial charge in [-0.25, -0.2) is 4.79 Å². The fourth-order valence-electron chi connectivity index (χ4n) is 1.45. The number of likely N-dealkylation sites (N-methyl/N-ethyl adjacent to an activating group) is 1. The number of hydrogen-bond donors (Lipinski definition) is 2. The van der Waals surface area contributed by atoms with Crippen molar-refractivity contribution < 1.29 is 9.90 Å². The fourth-order valence-corrected chi connectivity index (χ4v) is 1.62. The number of anilines is 1. The maximum absolute atomic E-state index is 11.9. The molecule has 0 bridgehead atoms. The summed E-state index contributed by atoms with van der Waals surface area (Å²) in [7, 11) is 0. The molecule has 0 atom stereocenters. The highest BCUT2D eigenvalue weighted by Gasteiger charge is 2.11. The zero-order valence-electron chi connectivity index (χ0n) is 10.0. The van der Waals surface area contributed by atoms with Gasteiger partial charge in [0.05, 0.1) is 6.61 Å². The second-order valence-corrected chi connectivity index (χ2v) is 4.13. The summed E-state index contributed by atoms with van der Waals surface area (Å²) in [5.41, 5.74) is 1.64. The maximum Gasteiger partial charge on any atom is 0.321 e. The number of halogens is 1. The number of carbonyl (C=O) groups excluding carboxylic acids is 1. The lowest BCUT2D eigenvalue weighted by Crippen LogP contribution is -2.36. The Morgan fingerprint density at radius 2 is 2.24 bits per heavy atom. The van der Waals surface area contributed by atoms with Crippen LogP contribution in [0.15, 0.2) is 18.2 Å². The van der Waals surface area contributed by atoms with Crippen molar-refractivity contribution in [2.45, 2.75) is 13.8 Å². The van der Waals surface area contributed by atoms with Crippen LogP contribution in [-0.4, -0.2) is 35.7 Å². The van der Waals surface area contributed by atoms with Gasteiger partial charge in [-0.1, -0.05) is 17.7 Å². The van der Waals surface area contributed by atoms with Gasteiger partial charge in [-0.3, -0.25) is 0 Å². The molecule has 0 spiro atoms. The first-order valence-electron chi connectivity index (χ1n) is 5.51. The molecule has 2 amide bonds. The first kappa shape index (κ1) is 13.8. The van der Waals surface area contributed by atoms with E-state index in [-0.39, 0.29) is 12.6 Å². The standard InChI is InChI=1S/C12H17ClN2O2/c1-3-15(6-7-16)12(17)14-11-8-10(13)5-4-9(11)2/h4-5,8,16H,3,6-7H2,1-2H3,(H,14,17). The lowest BCUT2D eigenvalue weighted by molar-refractivity contribution is 0.192. The summed E-state index contributed by atoms with van der Waals surface area (Å²) in [5.74, 6) is 0. The summed E-state index contributed by atoms with van der Waals surface area (Å²) in [6.07, 6.45) is 0. The minimum Gasteiger partial charge on any atom is -0.395 e. The molecule has 0 saturated carbocycles. The van der Waals surface area contributed by atoms with Crippen LogP contribution in [0.3, 0.4) is 0 Å². The van der Waals surface area contributed by atoms with Crippen molar-refractivity contribution in [1.29, 1.82) is 0 Å². The van der Waals surface area contributed by atoms with Gasteiger partial charge in [-0.15, -0.1) is 0 Å². The molecular weight excluding hydrogens is 240 g/mol. The molecule has 0 fully saturated rings. The van der Waals surface area contributed by atoms with Crippen LogP contribution in [0.1, 0.15) is 12.5 Å². The monoisotopic (exact) mass is 256 g/mol. The highest BCUT2D eigenvalue weighted by molar-refractivity contribution is 6.31. The molecule has 17 heavy (non-hydrogen) atoms. The Morgan fingerprint density at radius 1 is 1.53 bits per heavy atom. The molecule has 94 valence electrons. The average Bonchev–Trinajstić information content (AvgIpc) is 2.30. The van der Waals surface area contributed by atoms with E-state index < -0.39 is 0 Å². The van der Waals surface area contributed by atoms with Gasteiger partial charge in [0.1, 0.15) is 0 Å². The molecule has 0 unspecified atom stereocenters. The lowest BCUT2D eigenvalue weighted by atomic mass is 10.2. The second kappa shape index (κ2) is 6.47. The lowest BCUT2D eigenvalue weighted by Gasteiger charge is -2.20. The summed E-state index contributed by atoms with van der Waals surface area (Å²) in [6, 6.07) is 5.10. The molecule has 1 aromatic carbocycles. The number of carbonyl (C=O) groups is 1. The van der Waals surface area contributed by atoms with Gasteiger partial charge in [0.25, 0.3) is 0 Å². The Balaban J connectivity index is 2.76. The van der Waals surface area contributed by atoms with Crippen LogP contribution in [0.5, 0.6) is 0 Å². The number of aliphatic hydroxyl groups is 1. The van der Waals surface area contributed by atoms with Crippen molar-refractivity contribution >= 4 is 23.3 Å². The number of nitrogens with zero attached hydrogens (tertiary/aromatic N) is 1. The zero-order valence-corrected chi connectivity index (χ0v) is 10.8. The van der Waals surface area contributed by atoms with E-state index >= 15 is 0 Å². The molecule has 0 saturated heterocycles. The predicted octanol–water partition coefficient (Wildman–Crippen LogP) is 2.49. The Morgan fingerprint density at radius 3 is 2.82 bits per heavy atom. The number of nitrogens with one attached hydrogen (secondary N) is 1. The second-order valence-electron chi connectivity index (χ2n) is 3.69. The fraction of sp³-hybridized carbons (Fsp3) is 0.417. The van der Waals surface area contributed by atoms with Gasteiger partial charge >= 0.3 is 6.03 Å². The number of benzene rings is 1. The van der Waals surface area contributed by atoms with Crippen LogP contribution in [0.2, 0.25) is 5.02 Å². The van der Waals surface area contributed by atoms with Gasteiger partial charge in [0.15, 0.2) is 0 Å². The molecular formula is C12H17ClN2O2. The SMILES string of the molecule is CCN(CCO)C(=O)Nc1cc(Cl)ccc1C. The molecule has 5 heteroatoms. The van der Waals surface area contributed by atoms with Gasteiger partial charge in [-0.2, -0.15) is 0 Å². The first-order chi connectivity index (χ1) is 8.08. The van der Waals surface area contributed by atoms with Crippen LogP contribution in [-0.2, 0) is 0 Å².